The molecule has 2 fully saturated rings. The summed E-state index contributed by atoms with van der Waals surface area (Å²) in [5, 5.41) is 7.14. The minimum absolute atomic E-state index is 0.0929. The number of carbonyl (C=O) groups is 1. The van der Waals surface area contributed by atoms with Crippen molar-refractivity contribution >= 4 is 39.0 Å². The van der Waals surface area contributed by atoms with Gasteiger partial charge in [0.05, 0.1) is 22.9 Å². The zero-order valence-corrected chi connectivity index (χ0v) is 21.6. The molecule has 6 rings (SSSR count). The molecule has 1 amide bonds. The number of nitrogens with one attached hydrogen (secondary N) is 1. The van der Waals surface area contributed by atoms with Crippen LogP contribution in [-0.4, -0.2) is 48.0 Å². The van der Waals surface area contributed by atoms with Crippen LogP contribution in [0.2, 0.25) is 5.02 Å². The first-order chi connectivity index (χ1) is 17.8. The highest BCUT2D eigenvalue weighted by Gasteiger charge is 2.39. The van der Waals surface area contributed by atoms with Gasteiger partial charge in [-0.3, -0.25) is 10.2 Å². The second-order valence-corrected chi connectivity index (χ2v) is 12.6. The van der Waals surface area contributed by atoms with E-state index in [1.807, 2.05) is 5.01 Å². The molecule has 2 unspecified atom stereocenters. The lowest BCUT2D eigenvalue weighted by molar-refractivity contribution is 0.0808. The minimum atomic E-state index is -3.56. The van der Waals surface area contributed by atoms with Crippen molar-refractivity contribution in [3.05, 3.63) is 81.9 Å². The maximum atomic E-state index is 13.5. The SMILES string of the molecule is O=C(NN1CC2CCCC2C1)c1nn(-c2ccc(Cl)cc2)c2c1CS(=O)(=O)CC2=Cc1ccc(F)cc1. The number of carbonyl (C=O) groups excluding carboxylic acids is 1. The van der Waals surface area contributed by atoms with E-state index in [4.69, 9.17) is 11.6 Å². The first-order valence-corrected chi connectivity index (χ1v) is 14.6. The van der Waals surface area contributed by atoms with Crippen LogP contribution in [0.3, 0.4) is 0 Å². The third-order valence-corrected chi connectivity index (χ3v) is 9.24. The monoisotopic (exact) mass is 540 g/mol. The Hall–Kier alpha value is -3.01. The summed E-state index contributed by atoms with van der Waals surface area (Å²) in [6.45, 7) is 1.59. The van der Waals surface area contributed by atoms with Crippen LogP contribution >= 0.6 is 11.6 Å². The van der Waals surface area contributed by atoms with E-state index in [0.717, 1.165) is 13.1 Å². The molecule has 0 bridgehead atoms. The third kappa shape index (κ3) is 4.83. The second kappa shape index (κ2) is 9.38. The van der Waals surface area contributed by atoms with E-state index in [-0.39, 0.29) is 23.0 Å². The van der Waals surface area contributed by atoms with E-state index in [1.54, 1.807) is 47.2 Å². The van der Waals surface area contributed by atoms with Crippen LogP contribution in [-0.2, 0) is 15.6 Å². The van der Waals surface area contributed by atoms with E-state index in [1.165, 1.54) is 31.4 Å². The Balaban J connectivity index is 1.44. The number of fused-ring (bicyclic) bond motifs is 2. The molecule has 3 heterocycles. The zero-order chi connectivity index (χ0) is 25.7. The van der Waals surface area contributed by atoms with E-state index in [0.29, 0.717) is 44.9 Å². The zero-order valence-electron chi connectivity index (χ0n) is 20.0. The summed E-state index contributed by atoms with van der Waals surface area (Å²) in [6.07, 6.45) is 5.30. The average molecular weight is 541 g/mol. The summed E-state index contributed by atoms with van der Waals surface area (Å²) in [5.41, 5.74) is 5.80. The van der Waals surface area contributed by atoms with Crippen LogP contribution in [0, 0.1) is 17.7 Å². The minimum Gasteiger partial charge on any atom is -0.283 e. The van der Waals surface area contributed by atoms with Gasteiger partial charge in [0.15, 0.2) is 15.5 Å². The molecule has 1 saturated heterocycles. The normalized spacial score (nSPS) is 23.7. The molecule has 3 aromatic rings. The van der Waals surface area contributed by atoms with Crippen molar-refractivity contribution in [3.8, 4) is 5.69 Å². The quantitative estimate of drug-likeness (QED) is 0.526. The van der Waals surface area contributed by atoms with Gasteiger partial charge in [0.1, 0.15) is 5.82 Å². The number of nitrogens with zero attached hydrogens (tertiary/aromatic N) is 3. The van der Waals surface area contributed by atoms with E-state index >= 15 is 0 Å². The predicted molar refractivity (Wildman–Crippen MR) is 140 cm³/mol. The van der Waals surface area contributed by atoms with Crippen LogP contribution in [0.1, 0.15) is 46.6 Å². The topological polar surface area (TPSA) is 84.3 Å². The lowest BCUT2D eigenvalue weighted by Crippen LogP contribution is -2.41. The molecule has 37 heavy (non-hydrogen) atoms. The Morgan fingerprint density at radius 3 is 2.38 bits per heavy atom. The van der Waals surface area contributed by atoms with Crippen molar-refractivity contribution in [2.75, 3.05) is 18.8 Å². The fourth-order valence-corrected chi connectivity index (χ4v) is 7.47. The maximum absolute atomic E-state index is 13.5. The van der Waals surface area contributed by atoms with Gasteiger partial charge in [0.2, 0.25) is 0 Å². The second-order valence-electron chi connectivity index (χ2n) is 10.1. The molecule has 0 spiro atoms. The summed E-state index contributed by atoms with van der Waals surface area (Å²) in [5.74, 6) is -0.117. The van der Waals surface area contributed by atoms with Crippen molar-refractivity contribution in [2.24, 2.45) is 11.8 Å². The molecule has 2 aromatic carbocycles. The maximum Gasteiger partial charge on any atom is 0.286 e. The van der Waals surface area contributed by atoms with E-state index in [9.17, 15) is 17.6 Å². The number of hydrogen-bond donors (Lipinski definition) is 1. The number of sulfone groups is 1. The summed E-state index contributed by atoms with van der Waals surface area (Å²) in [6, 6.07) is 12.8. The van der Waals surface area contributed by atoms with Gasteiger partial charge in [-0.05, 0) is 78.3 Å². The van der Waals surface area contributed by atoms with Crippen LogP contribution < -0.4 is 5.43 Å². The highest BCUT2D eigenvalue weighted by molar-refractivity contribution is 7.91. The molecule has 0 radical (unpaired) electrons. The van der Waals surface area contributed by atoms with Gasteiger partial charge in [-0.25, -0.2) is 22.5 Å². The summed E-state index contributed by atoms with van der Waals surface area (Å²) >= 11 is 6.10. The molecule has 10 heteroatoms. The molecule has 2 atom stereocenters. The molecule has 1 aromatic heterocycles. The lowest BCUT2D eigenvalue weighted by atomic mass is 10.0. The number of hydrazine groups is 1. The molecule has 2 aliphatic heterocycles. The summed E-state index contributed by atoms with van der Waals surface area (Å²) in [4.78, 5) is 13.5. The Labute approximate surface area is 219 Å². The molecule has 1 aliphatic carbocycles. The van der Waals surface area contributed by atoms with Crippen LogP contribution in [0.25, 0.3) is 17.3 Å². The van der Waals surface area contributed by atoms with Crippen molar-refractivity contribution < 1.29 is 17.6 Å². The van der Waals surface area contributed by atoms with Gasteiger partial charge in [-0.1, -0.05) is 30.2 Å². The number of hydrogen-bond acceptors (Lipinski definition) is 5. The fourth-order valence-electron chi connectivity index (χ4n) is 5.84. The van der Waals surface area contributed by atoms with Gasteiger partial charge >= 0.3 is 0 Å². The highest BCUT2D eigenvalue weighted by atomic mass is 35.5. The van der Waals surface area contributed by atoms with Gasteiger partial charge in [0.25, 0.3) is 5.91 Å². The summed E-state index contributed by atoms with van der Waals surface area (Å²) in [7, 11) is -3.56. The van der Waals surface area contributed by atoms with Crippen molar-refractivity contribution in [2.45, 2.75) is 25.0 Å². The van der Waals surface area contributed by atoms with Crippen molar-refractivity contribution in [1.82, 2.24) is 20.2 Å². The first kappa shape index (κ1) is 24.3. The molecule has 1 saturated carbocycles. The van der Waals surface area contributed by atoms with Crippen LogP contribution in [0.15, 0.2) is 48.5 Å². The molecule has 192 valence electrons. The van der Waals surface area contributed by atoms with Gasteiger partial charge in [0, 0.05) is 23.7 Å². The molecular weight excluding hydrogens is 515 g/mol. The Morgan fingerprint density at radius 1 is 1.03 bits per heavy atom. The Bertz CT molecular complexity index is 1490. The largest absolute Gasteiger partial charge is 0.286 e. The number of benzene rings is 2. The van der Waals surface area contributed by atoms with Crippen molar-refractivity contribution in [3.63, 3.8) is 0 Å². The van der Waals surface area contributed by atoms with Crippen molar-refractivity contribution in [1.29, 1.82) is 0 Å². The average Bonchev–Trinajstić information content (AvgIpc) is 3.54. The molecular formula is C27H26ClFN4O3S. The lowest BCUT2D eigenvalue weighted by Gasteiger charge is -2.20. The Morgan fingerprint density at radius 2 is 1.70 bits per heavy atom. The smallest absolute Gasteiger partial charge is 0.283 e. The molecule has 3 aliphatic rings. The number of rotatable bonds is 4. The number of amides is 1. The Kier molecular flexibility index (Phi) is 6.17. The van der Waals surface area contributed by atoms with E-state index < -0.39 is 15.7 Å². The third-order valence-electron chi connectivity index (χ3n) is 7.51. The summed E-state index contributed by atoms with van der Waals surface area (Å²) < 4.78 is 41.1. The van der Waals surface area contributed by atoms with Gasteiger partial charge in [-0.2, -0.15) is 5.10 Å². The number of halogens is 2. The van der Waals surface area contributed by atoms with Crippen LogP contribution in [0.4, 0.5) is 4.39 Å². The van der Waals surface area contributed by atoms with Crippen LogP contribution in [0.5, 0.6) is 0 Å². The molecule has 7 nitrogen and oxygen atoms in total. The van der Waals surface area contributed by atoms with Gasteiger partial charge < -0.3 is 0 Å². The fraction of sp³-hybridized carbons (Fsp3) is 0.333. The first-order valence-electron chi connectivity index (χ1n) is 12.4. The van der Waals surface area contributed by atoms with E-state index in [2.05, 4.69) is 10.5 Å². The molecule has 1 N–H and O–H groups in total. The van der Waals surface area contributed by atoms with Gasteiger partial charge in [-0.15, -0.1) is 0 Å². The predicted octanol–water partition coefficient (Wildman–Crippen LogP) is 4.51. The highest BCUT2D eigenvalue weighted by Crippen LogP contribution is 2.38. The number of aromatic nitrogens is 2. The standard InChI is InChI=1S/C27H26ClFN4O3S/c28-21-6-10-23(11-7-21)33-26-20(12-17-4-8-22(29)9-5-17)15-37(35,36)16-24(26)25(30-33)27(34)31-32-13-18-2-1-3-19(18)14-32/h4-12,18-19H,1-3,13-16H2,(H,31,34).